The first kappa shape index (κ1) is 19.8. The van der Waals surface area contributed by atoms with Crippen molar-refractivity contribution < 1.29 is 14.4 Å². The molecule has 146 valence electrons. The minimum absolute atomic E-state index is 0.0335. The van der Waals surface area contributed by atoms with Crippen molar-refractivity contribution in [1.82, 2.24) is 0 Å². The molecule has 28 heavy (non-hydrogen) atoms. The molecule has 0 radical (unpaired) electrons. The van der Waals surface area contributed by atoms with Crippen LogP contribution in [0.4, 0.5) is 11.4 Å². The van der Waals surface area contributed by atoms with Crippen LogP contribution in [-0.4, -0.2) is 24.1 Å². The molecule has 5 nitrogen and oxygen atoms in total. The van der Waals surface area contributed by atoms with E-state index in [0.717, 1.165) is 16.8 Å². The fourth-order valence-corrected chi connectivity index (χ4v) is 3.68. The lowest BCUT2D eigenvalue weighted by molar-refractivity contribution is -0.122. The summed E-state index contributed by atoms with van der Waals surface area (Å²) in [5, 5.41) is 2.85. The number of nitrogens with zero attached hydrogens (tertiary/aromatic N) is 1. The monoisotopic (exact) mass is 378 g/mol. The number of rotatable bonds is 5. The van der Waals surface area contributed by atoms with E-state index >= 15 is 0 Å². The summed E-state index contributed by atoms with van der Waals surface area (Å²) in [6.45, 7) is 8.05. The fraction of sp³-hybridized carbons (Fsp3) is 0.348. The van der Waals surface area contributed by atoms with Gasteiger partial charge in [-0.05, 0) is 43.0 Å². The molecule has 0 aliphatic carbocycles. The molecule has 1 N–H and O–H groups in total. The largest absolute Gasteiger partial charge is 0.326 e. The number of amides is 2. The Morgan fingerprint density at radius 1 is 1.14 bits per heavy atom. The second-order valence-corrected chi connectivity index (χ2v) is 7.70. The third-order valence-corrected chi connectivity index (χ3v) is 5.19. The summed E-state index contributed by atoms with van der Waals surface area (Å²) in [6, 6.07) is 12.9. The molecule has 2 aromatic carbocycles. The lowest BCUT2D eigenvalue weighted by atomic mass is 9.97. The number of hydrogen-bond donors (Lipinski definition) is 1. The second kappa shape index (κ2) is 7.97. The summed E-state index contributed by atoms with van der Waals surface area (Å²) < 4.78 is 0. The summed E-state index contributed by atoms with van der Waals surface area (Å²) in [6.07, 6.45) is 0.185. The Morgan fingerprint density at radius 2 is 1.86 bits per heavy atom. The van der Waals surface area contributed by atoms with E-state index in [-0.39, 0.29) is 29.9 Å². The predicted molar refractivity (Wildman–Crippen MR) is 111 cm³/mol. The number of para-hydroxylation sites is 1. The van der Waals surface area contributed by atoms with Crippen molar-refractivity contribution in [3.63, 3.8) is 0 Å². The van der Waals surface area contributed by atoms with Gasteiger partial charge in [0.05, 0.1) is 5.92 Å². The number of benzene rings is 2. The normalized spacial score (nSPS) is 16.5. The minimum atomic E-state index is -0.423. The first-order valence-electron chi connectivity index (χ1n) is 9.59. The molecule has 1 aliphatic heterocycles. The van der Waals surface area contributed by atoms with Gasteiger partial charge in [0, 0.05) is 29.9 Å². The summed E-state index contributed by atoms with van der Waals surface area (Å²) >= 11 is 0. The molecule has 0 aromatic heterocycles. The molecule has 1 unspecified atom stereocenters. The smallest absolute Gasteiger partial charge is 0.229 e. The molecule has 1 atom stereocenters. The molecule has 5 heteroatoms. The van der Waals surface area contributed by atoms with Crippen molar-refractivity contribution in [2.45, 2.75) is 40.0 Å². The Morgan fingerprint density at radius 3 is 2.54 bits per heavy atom. The molecule has 1 saturated heterocycles. The van der Waals surface area contributed by atoms with E-state index in [0.29, 0.717) is 17.8 Å². The van der Waals surface area contributed by atoms with Crippen LogP contribution in [-0.2, 0) is 9.59 Å². The average molecular weight is 378 g/mol. The van der Waals surface area contributed by atoms with Crippen LogP contribution < -0.4 is 10.2 Å². The van der Waals surface area contributed by atoms with Crippen molar-refractivity contribution in [1.29, 1.82) is 0 Å². The van der Waals surface area contributed by atoms with Gasteiger partial charge < -0.3 is 10.2 Å². The number of nitrogens with one attached hydrogen (secondary N) is 1. The molecule has 0 bridgehead atoms. The van der Waals surface area contributed by atoms with E-state index < -0.39 is 5.92 Å². The zero-order chi connectivity index (χ0) is 20.4. The zero-order valence-corrected chi connectivity index (χ0v) is 16.8. The summed E-state index contributed by atoms with van der Waals surface area (Å²) in [5.41, 5.74) is 4.19. The van der Waals surface area contributed by atoms with Gasteiger partial charge in [0.1, 0.15) is 0 Å². The molecule has 3 rings (SSSR count). The fourth-order valence-electron chi connectivity index (χ4n) is 3.68. The van der Waals surface area contributed by atoms with Gasteiger partial charge in [-0.1, -0.05) is 44.2 Å². The van der Waals surface area contributed by atoms with Crippen LogP contribution in [0.15, 0.2) is 42.5 Å². The van der Waals surface area contributed by atoms with Crippen LogP contribution in [0.2, 0.25) is 0 Å². The lowest BCUT2D eigenvalue weighted by Crippen LogP contribution is -2.29. The highest BCUT2D eigenvalue weighted by molar-refractivity contribution is 6.04. The third-order valence-electron chi connectivity index (χ3n) is 5.19. The van der Waals surface area contributed by atoms with E-state index in [1.165, 1.54) is 6.92 Å². The maximum Gasteiger partial charge on any atom is 0.229 e. The number of hydrogen-bond acceptors (Lipinski definition) is 3. The number of anilines is 2. The maximum atomic E-state index is 12.7. The Bertz CT molecular complexity index is 933. The van der Waals surface area contributed by atoms with Gasteiger partial charge in [0.25, 0.3) is 0 Å². The molecule has 0 saturated carbocycles. The maximum absolute atomic E-state index is 12.7. The van der Waals surface area contributed by atoms with Crippen LogP contribution in [0, 0.1) is 12.8 Å². The van der Waals surface area contributed by atoms with Crippen LogP contribution in [0.1, 0.15) is 54.6 Å². The average Bonchev–Trinajstić information content (AvgIpc) is 3.03. The lowest BCUT2D eigenvalue weighted by Gasteiger charge is -2.24. The second-order valence-electron chi connectivity index (χ2n) is 7.70. The third kappa shape index (κ3) is 3.98. The van der Waals surface area contributed by atoms with E-state index in [2.05, 4.69) is 19.2 Å². The predicted octanol–water partition coefficient (Wildman–Crippen LogP) is 4.31. The molecule has 2 amide bonds. The zero-order valence-electron chi connectivity index (χ0n) is 16.8. The minimum Gasteiger partial charge on any atom is -0.326 e. The van der Waals surface area contributed by atoms with Crippen molar-refractivity contribution in [2.75, 3.05) is 16.8 Å². The van der Waals surface area contributed by atoms with Gasteiger partial charge >= 0.3 is 0 Å². The van der Waals surface area contributed by atoms with Crippen LogP contribution in [0.25, 0.3) is 0 Å². The van der Waals surface area contributed by atoms with Crippen molar-refractivity contribution in [3.05, 3.63) is 59.2 Å². The van der Waals surface area contributed by atoms with E-state index in [1.807, 2.05) is 25.1 Å². The van der Waals surface area contributed by atoms with E-state index in [9.17, 15) is 14.4 Å². The molecular formula is C23H26N2O3. The number of ketones is 1. The standard InChI is InChI=1S/C23H26N2O3/c1-14(2)20-10-5-7-15(3)22(20)25-13-18(12-21(25)27)23(28)24-19-9-6-8-17(11-19)16(4)26/h5-11,14,18H,12-13H2,1-4H3,(H,24,28). The Balaban J connectivity index is 1.79. The number of carbonyl (C=O) groups excluding carboxylic acids is 3. The number of Topliss-reactive ketones (excluding diaryl/α,β-unsaturated/α-hetero) is 1. The van der Waals surface area contributed by atoms with Crippen molar-refractivity contribution >= 4 is 29.0 Å². The van der Waals surface area contributed by atoms with E-state index in [1.54, 1.807) is 29.2 Å². The number of aryl methyl sites for hydroxylation is 1. The molecule has 1 fully saturated rings. The highest BCUT2D eigenvalue weighted by atomic mass is 16.2. The van der Waals surface area contributed by atoms with Crippen LogP contribution in [0.3, 0.4) is 0 Å². The van der Waals surface area contributed by atoms with Crippen molar-refractivity contribution in [3.8, 4) is 0 Å². The highest BCUT2D eigenvalue weighted by Crippen LogP contribution is 2.35. The first-order chi connectivity index (χ1) is 13.3. The quantitative estimate of drug-likeness (QED) is 0.788. The Kier molecular flexibility index (Phi) is 5.63. The summed E-state index contributed by atoms with van der Waals surface area (Å²) in [4.78, 5) is 38.7. The summed E-state index contributed by atoms with van der Waals surface area (Å²) in [7, 11) is 0. The molecule has 2 aromatic rings. The Hall–Kier alpha value is -2.95. The van der Waals surface area contributed by atoms with Gasteiger partial charge in [0.2, 0.25) is 11.8 Å². The molecule has 0 spiro atoms. The van der Waals surface area contributed by atoms with Gasteiger partial charge in [-0.2, -0.15) is 0 Å². The SMILES string of the molecule is CC(=O)c1cccc(NC(=O)C2CC(=O)N(c3c(C)cccc3C(C)C)C2)c1. The molecular weight excluding hydrogens is 352 g/mol. The van der Waals surface area contributed by atoms with Gasteiger partial charge in [-0.15, -0.1) is 0 Å². The molecule has 1 aliphatic rings. The molecule has 1 heterocycles. The van der Waals surface area contributed by atoms with Gasteiger partial charge in [-0.25, -0.2) is 0 Å². The first-order valence-corrected chi connectivity index (χ1v) is 9.59. The summed E-state index contributed by atoms with van der Waals surface area (Å²) in [5.74, 6) is -0.429. The van der Waals surface area contributed by atoms with Crippen LogP contribution in [0.5, 0.6) is 0 Å². The van der Waals surface area contributed by atoms with Crippen molar-refractivity contribution in [2.24, 2.45) is 5.92 Å². The van der Waals surface area contributed by atoms with Gasteiger partial charge in [0.15, 0.2) is 5.78 Å². The van der Waals surface area contributed by atoms with E-state index in [4.69, 9.17) is 0 Å². The van der Waals surface area contributed by atoms with Gasteiger partial charge in [-0.3, -0.25) is 14.4 Å². The highest BCUT2D eigenvalue weighted by Gasteiger charge is 2.36. The topological polar surface area (TPSA) is 66.5 Å². The van der Waals surface area contributed by atoms with Crippen LogP contribution >= 0.6 is 0 Å². The Labute approximate surface area is 165 Å². The number of carbonyl (C=O) groups is 3.